The zero-order chi connectivity index (χ0) is 24.2. The number of nitrogens with zero attached hydrogens (tertiary/aromatic N) is 2. The van der Waals surface area contributed by atoms with Crippen molar-refractivity contribution in [3.8, 4) is 11.3 Å². The highest BCUT2D eigenvalue weighted by Crippen LogP contribution is 2.34. The Hall–Kier alpha value is -3.36. The van der Waals surface area contributed by atoms with Gasteiger partial charge in [0.1, 0.15) is 17.1 Å². The third-order valence-electron chi connectivity index (χ3n) is 5.07. The molecule has 1 amide bonds. The van der Waals surface area contributed by atoms with Gasteiger partial charge in [0.2, 0.25) is 0 Å². The van der Waals surface area contributed by atoms with Gasteiger partial charge in [0.15, 0.2) is 5.69 Å². The summed E-state index contributed by atoms with van der Waals surface area (Å²) >= 11 is 0. The number of ether oxygens (including phenoxy) is 3. The normalized spacial score (nSPS) is 15.9. The third-order valence-corrected chi connectivity index (χ3v) is 5.07. The van der Waals surface area contributed by atoms with Gasteiger partial charge in [-0.1, -0.05) is 12.1 Å². The van der Waals surface area contributed by atoms with E-state index in [1.807, 2.05) is 20.8 Å². The van der Waals surface area contributed by atoms with E-state index in [0.29, 0.717) is 35.6 Å². The first-order chi connectivity index (χ1) is 15.6. The predicted molar refractivity (Wildman–Crippen MR) is 121 cm³/mol. The van der Waals surface area contributed by atoms with Crippen LogP contribution in [-0.2, 0) is 14.2 Å². The van der Waals surface area contributed by atoms with Gasteiger partial charge in [-0.2, -0.15) is 0 Å². The van der Waals surface area contributed by atoms with Gasteiger partial charge in [-0.25, -0.2) is 19.4 Å². The number of benzene rings is 1. The quantitative estimate of drug-likeness (QED) is 0.502. The van der Waals surface area contributed by atoms with E-state index in [2.05, 4.69) is 9.97 Å². The van der Waals surface area contributed by atoms with E-state index >= 15 is 0 Å². The Balaban J connectivity index is 1.95. The van der Waals surface area contributed by atoms with Crippen LogP contribution in [0.25, 0.3) is 11.3 Å². The molecule has 0 spiro atoms. The Morgan fingerprint density at radius 1 is 1.06 bits per heavy atom. The lowest BCUT2D eigenvalue weighted by Gasteiger charge is -2.27. The van der Waals surface area contributed by atoms with Gasteiger partial charge in [-0.15, -0.1) is 0 Å². The molecule has 0 aliphatic carbocycles. The minimum Gasteiger partial charge on any atom is -0.462 e. The zero-order valence-electron chi connectivity index (χ0n) is 19.8. The lowest BCUT2D eigenvalue weighted by atomic mass is 10.1. The van der Waals surface area contributed by atoms with Crippen LogP contribution in [0.3, 0.4) is 0 Å². The fraction of sp³-hybridized carbons (Fsp3) is 0.500. The Bertz CT molecular complexity index is 1010. The van der Waals surface area contributed by atoms with Gasteiger partial charge < -0.3 is 19.2 Å². The minimum atomic E-state index is -0.616. The van der Waals surface area contributed by atoms with Crippen LogP contribution < -0.4 is 0 Å². The predicted octanol–water partition coefficient (Wildman–Crippen LogP) is 4.50. The van der Waals surface area contributed by atoms with Crippen molar-refractivity contribution in [2.45, 2.75) is 59.1 Å². The summed E-state index contributed by atoms with van der Waals surface area (Å²) in [5, 5.41) is 0. The van der Waals surface area contributed by atoms with Gasteiger partial charge in [0.05, 0.1) is 24.8 Å². The molecule has 1 aromatic heterocycles. The average Bonchev–Trinajstić information content (AvgIpc) is 3.40. The molecule has 9 heteroatoms. The lowest BCUT2D eigenvalue weighted by molar-refractivity contribution is 0.0218. The van der Waals surface area contributed by atoms with Crippen molar-refractivity contribution in [3.63, 3.8) is 0 Å². The Kier molecular flexibility index (Phi) is 7.40. The summed E-state index contributed by atoms with van der Waals surface area (Å²) in [6.07, 6.45) is 1.07. The highest BCUT2D eigenvalue weighted by atomic mass is 16.6. The van der Waals surface area contributed by atoms with Crippen LogP contribution >= 0.6 is 0 Å². The summed E-state index contributed by atoms with van der Waals surface area (Å²) in [4.78, 5) is 46.7. The Morgan fingerprint density at radius 2 is 1.70 bits per heavy atom. The Labute approximate surface area is 193 Å². The number of nitrogens with one attached hydrogen (secondary N) is 1. The fourth-order valence-electron chi connectivity index (χ4n) is 3.68. The second-order valence-corrected chi connectivity index (χ2v) is 8.70. The number of esters is 2. The maximum atomic E-state index is 12.7. The number of hydrogen-bond acceptors (Lipinski definition) is 7. The van der Waals surface area contributed by atoms with Crippen molar-refractivity contribution < 1.29 is 28.6 Å². The smallest absolute Gasteiger partial charge is 0.410 e. The Morgan fingerprint density at radius 3 is 2.30 bits per heavy atom. The van der Waals surface area contributed by atoms with Crippen LogP contribution in [0.4, 0.5) is 4.79 Å². The number of hydrogen-bond donors (Lipinski definition) is 1. The molecule has 1 aliphatic heterocycles. The second kappa shape index (κ2) is 10.1. The molecule has 9 nitrogen and oxygen atoms in total. The molecular formula is C24H31N3O6. The highest BCUT2D eigenvalue weighted by molar-refractivity contribution is 5.95. The average molecular weight is 458 g/mol. The molecule has 1 saturated heterocycles. The standard InChI is InChI=1S/C24H31N3O6/c1-6-31-21(28)16-12-10-15(11-13-16)18-19(22(29)32-7-2)26-20(25-18)17-9-8-14-27(17)23(30)33-24(3,4)5/h10-13,17H,6-9,14H2,1-5H3,(H,25,26)/t17-/m0/s1. The molecule has 2 aromatic rings. The lowest BCUT2D eigenvalue weighted by Crippen LogP contribution is -2.36. The number of amides is 1. The minimum absolute atomic E-state index is 0.201. The van der Waals surface area contributed by atoms with E-state index in [-0.39, 0.29) is 24.9 Å². The summed E-state index contributed by atoms with van der Waals surface area (Å²) in [6.45, 7) is 9.96. The summed E-state index contributed by atoms with van der Waals surface area (Å²) in [5.41, 5.74) is 1.02. The van der Waals surface area contributed by atoms with Crippen LogP contribution in [-0.4, -0.2) is 58.3 Å². The number of carbonyl (C=O) groups is 3. The van der Waals surface area contributed by atoms with E-state index < -0.39 is 23.6 Å². The first kappa shape index (κ1) is 24.3. The van der Waals surface area contributed by atoms with Crippen molar-refractivity contribution in [2.24, 2.45) is 0 Å². The summed E-state index contributed by atoms with van der Waals surface area (Å²) in [7, 11) is 0. The molecule has 1 aliphatic rings. The molecule has 3 rings (SSSR count). The van der Waals surface area contributed by atoms with Crippen molar-refractivity contribution >= 4 is 18.0 Å². The van der Waals surface area contributed by atoms with E-state index in [0.717, 1.165) is 6.42 Å². The number of aromatic amines is 1. The van der Waals surface area contributed by atoms with Crippen LogP contribution in [0.1, 0.15) is 80.2 Å². The number of imidazole rings is 1. The van der Waals surface area contributed by atoms with Crippen LogP contribution in [0.2, 0.25) is 0 Å². The molecule has 0 bridgehead atoms. The molecule has 33 heavy (non-hydrogen) atoms. The first-order valence-electron chi connectivity index (χ1n) is 11.2. The number of aromatic nitrogens is 2. The van der Waals surface area contributed by atoms with Gasteiger partial charge in [-0.05, 0) is 59.6 Å². The van der Waals surface area contributed by atoms with Gasteiger partial charge in [-0.3, -0.25) is 4.90 Å². The van der Waals surface area contributed by atoms with Crippen molar-refractivity contribution in [3.05, 3.63) is 41.3 Å². The number of H-pyrrole nitrogens is 1. The molecule has 0 radical (unpaired) electrons. The summed E-state index contributed by atoms with van der Waals surface area (Å²) < 4.78 is 15.8. The fourth-order valence-corrected chi connectivity index (χ4v) is 3.68. The summed E-state index contributed by atoms with van der Waals surface area (Å²) in [5.74, 6) is -0.468. The maximum Gasteiger partial charge on any atom is 0.410 e. The summed E-state index contributed by atoms with van der Waals surface area (Å²) in [6, 6.07) is 6.31. The van der Waals surface area contributed by atoms with Crippen molar-refractivity contribution in [1.82, 2.24) is 14.9 Å². The number of carbonyl (C=O) groups excluding carboxylic acids is 3. The molecule has 1 fully saturated rings. The third kappa shape index (κ3) is 5.71. The van der Waals surface area contributed by atoms with Gasteiger partial charge >= 0.3 is 18.0 Å². The van der Waals surface area contributed by atoms with E-state index in [1.165, 1.54) is 0 Å². The molecule has 178 valence electrons. The largest absolute Gasteiger partial charge is 0.462 e. The first-order valence-corrected chi connectivity index (χ1v) is 11.2. The number of likely N-dealkylation sites (tertiary alicyclic amines) is 1. The zero-order valence-corrected chi connectivity index (χ0v) is 19.8. The SMILES string of the molecule is CCOC(=O)c1ccc(-c2nc([C@@H]3CCCN3C(=O)OC(C)(C)C)[nH]c2C(=O)OCC)cc1. The molecule has 1 atom stereocenters. The molecule has 1 N–H and O–H groups in total. The van der Waals surface area contributed by atoms with E-state index in [4.69, 9.17) is 14.2 Å². The molecule has 2 heterocycles. The second-order valence-electron chi connectivity index (χ2n) is 8.70. The van der Waals surface area contributed by atoms with E-state index in [1.54, 1.807) is 43.0 Å². The van der Waals surface area contributed by atoms with Crippen LogP contribution in [0.15, 0.2) is 24.3 Å². The molecular weight excluding hydrogens is 426 g/mol. The molecule has 1 aromatic carbocycles. The van der Waals surface area contributed by atoms with Gasteiger partial charge in [0, 0.05) is 12.1 Å². The highest BCUT2D eigenvalue weighted by Gasteiger charge is 2.36. The van der Waals surface area contributed by atoms with Crippen molar-refractivity contribution in [2.75, 3.05) is 19.8 Å². The maximum absolute atomic E-state index is 12.7. The van der Waals surface area contributed by atoms with Crippen LogP contribution in [0, 0.1) is 0 Å². The number of rotatable bonds is 6. The van der Waals surface area contributed by atoms with Gasteiger partial charge in [0.25, 0.3) is 0 Å². The molecule has 0 unspecified atom stereocenters. The van der Waals surface area contributed by atoms with E-state index in [9.17, 15) is 14.4 Å². The monoisotopic (exact) mass is 457 g/mol. The van der Waals surface area contributed by atoms with Crippen LogP contribution in [0.5, 0.6) is 0 Å². The molecule has 0 saturated carbocycles. The van der Waals surface area contributed by atoms with Crippen molar-refractivity contribution in [1.29, 1.82) is 0 Å². The topological polar surface area (TPSA) is 111 Å².